The van der Waals surface area contributed by atoms with Crippen LogP contribution in [0.15, 0.2) is 126 Å². The van der Waals surface area contributed by atoms with E-state index in [0.29, 0.717) is 11.3 Å². The third-order valence-corrected chi connectivity index (χ3v) is 8.60. The van der Waals surface area contributed by atoms with Crippen molar-refractivity contribution in [2.75, 3.05) is 10.6 Å². The Bertz CT molecular complexity index is 1900. The van der Waals surface area contributed by atoms with Gasteiger partial charge in [0.25, 0.3) is 5.91 Å². The molecule has 0 spiro atoms. The lowest BCUT2D eigenvalue weighted by atomic mass is 10.1. The molecule has 0 bridgehead atoms. The van der Waals surface area contributed by atoms with E-state index < -0.39 is 5.25 Å². The summed E-state index contributed by atoms with van der Waals surface area (Å²) in [5, 5.41) is 7.95. The Morgan fingerprint density at radius 3 is 2.21 bits per heavy atom. The minimum atomic E-state index is -0.498. The molecule has 0 saturated heterocycles. The van der Waals surface area contributed by atoms with Crippen LogP contribution in [0.25, 0.3) is 21.8 Å². The van der Waals surface area contributed by atoms with E-state index in [-0.39, 0.29) is 11.8 Å². The lowest BCUT2D eigenvalue weighted by molar-refractivity contribution is -0.115. The third kappa shape index (κ3) is 5.67. The molecule has 0 aliphatic heterocycles. The van der Waals surface area contributed by atoms with Crippen molar-refractivity contribution >= 4 is 56.8 Å². The molecule has 0 aliphatic carbocycles. The number of hydrogen-bond donors (Lipinski definition) is 2. The molecule has 1 atom stereocenters. The number of carbonyl (C=O) groups excluding carboxylic acids is 2. The first-order valence-electron chi connectivity index (χ1n) is 14.0. The topological polar surface area (TPSA) is 63.1 Å². The standard InChI is InChI=1S/C36H31N3O2S/c1-3-39-32-15-8-7-14-30(32)31-23-28(20-21-33(31)39)38-36(41)34(25-10-5-4-6-11-25)42-29-13-9-12-27(22-29)37-35(40)26-18-16-24(2)17-19-26/h4-23,34H,3H2,1-2H3,(H,37,40)(H,38,41). The SMILES string of the molecule is CCn1c2ccccc2c2cc(NC(=O)C(Sc3cccc(NC(=O)c4ccc(C)cc4)c3)c3ccccc3)ccc21. The number of carbonyl (C=O) groups is 2. The third-order valence-electron chi connectivity index (χ3n) is 7.36. The van der Waals surface area contributed by atoms with Crippen LogP contribution in [-0.4, -0.2) is 16.4 Å². The number of hydrogen-bond acceptors (Lipinski definition) is 3. The maximum atomic E-state index is 13.8. The molecule has 5 aromatic carbocycles. The summed E-state index contributed by atoms with van der Waals surface area (Å²) in [4.78, 5) is 27.5. The molecule has 1 heterocycles. The van der Waals surface area contributed by atoms with Gasteiger partial charge in [0.2, 0.25) is 5.91 Å². The van der Waals surface area contributed by atoms with Crippen LogP contribution in [0.4, 0.5) is 11.4 Å². The molecule has 6 aromatic rings. The number of amides is 2. The smallest absolute Gasteiger partial charge is 0.255 e. The van der Waals surface area contributed by atoms with Gasteiger partial charge >= 0.3 is 0 Å². The Balaban J connectivity index is 1.26. The molecule has 1 aromatic heterocycles. The van der Waals surface area contributed by atoms with Crippen LogP contribution in [0.3, 0.4) is 0 Å². The van der Waals surface area contributed by atoms with Crippen LogP contribution >= 0.6 is 11.8 Å². The van der Waals surface area contributed by atoms with Crippen LogP contribution in [0.2, 0.25) is 0 Å². The van der Waals surface area contributed by atoms with E-state index in [1.807, 2.05) is 97.9 Å². The Kier molecular flexibility index (Phi) is 7.80. The number of nitrogens with one attached hydrogen (secondary N) is 2. The van der Waals surface area contributed by atoms with Crippen LogP contribution in [-0.2, 0) is 11.3 Å². The molecule has 208 valence electrons. The summed E-state index contributed by atoms with van der Waals surface area (Å²) in [7, 11) is 0. The molecule has 1 unspecified atom stereocenters. The van der Waals surface area contributed by atoms with Gasteiger partial charge in [-0.2, -0.15) is 0 Å². The highest BCUT2D eigenvalue weighted by Gasteiger charge is 2.23. The lowest BCUT2D eigenvalue weighted by Gasteiger charge is -2.18. The fraction of sp³-hybridized carbons (Fsp3) is 0.111. The number of benzene rings is 5. The van der Waals surface area contributed by atoms with Gasteiger partial charge < -0.3 is 15.2 Å². The number of fused-ring (bicyclic) bond motifs is 3. The number of aryl methyl sites for hydroxylation is 2. The zero-order valence-corrected chi connectivity index (χ0v) is 24.3. The fourth-order valence-corrected chi connectivity index (χ4v) is 6.36. The van der Waals surface area contributed by atoms with E-state index in [0.717, 1.165) is 39.2 Å². The average molecular weight is 570 g/mol. The minimum Gasteiger partial charge on any atom is -0.341 e. The second-order valence-electron chi connectivity index (χ2n) is 10.2. The predicted octanol–water partition coefficient (Wildman–Crippen LogP) is 8.85. The quantitative estimate of drug-likeness (QED) is 0.180. The van der Waals surface area contributed by atoms with Gasteiger partial charge in [0.05, 0.1) is 0 Å². The summed E-state index contributed by atoms with van der Waals surface area (Å²) in [6.45, 7) is 5.00. The molecule has 0 fully saturated rings. The first kappa shape index (κ1) is 27.4. The van der Waals surface area contributed by atoms with E-state index in [4.69, 9.17) is 0 Å². The zero-order chi connectivity index (χ0) is 29.1. The van der Waals surface area contributed by atoms with Gasteiger partial charge in [-0.3, -0.25) is 9.59 Å². The second kappa shape index (κ2) is 12.0. The predicted molar refractivity (Wildman–Crippen MR) is 174 cm³/mol. The van der Waals surface area contributed by atoms with Crippen molar-refractivity contribution in [2.24, 2.45) is 0 Å². The van der Waals surface area contributed by atoms with Crippen molar-refractivity contribution < 1.29 is 9.59 Å². The Hall–Kier alpha value is -4.81. The number of thioether (sulfide) groups is 1. The Morgan fingerprint density at radius 2 is 1.43 bits per heavy atom. The average Bonchev–Trinajstić information content (AvgIpc) is 3.33. The lowest BCUT2D eigenvalue weighted by Crippen LogP contribution is -2.19. The molecule has 2 N–H and O–H groups in total. The summed E-state index contributed by atoms with van der Waals surface area (Å²) in [5.74, 6) is -0.284. The van der Waals surface area contributed by atoms with E-state index in [1.54, 1.807) is 0 Å². The second-order valence-corrected chi connectivity index (χ2v) is 11.4. The van der Waals surface area contributed by atoms with E-state index in [2.05, 4.69) is 52.5 Å². The van der Waals surface area contributed by atoms with Crippen LogP contribution in [0, 0.1) is 6.92 Å². The number of para-hydroxylation sites is 1. The Morgan fingerprint density at radius 1 is 0.714 bits per heavy atom. The van der Waals surface area contributed by atoms with Crippen LogP contribution < -0.4 is 10.6 Å². The van der Waals surface area contributed by atoms with Crippen molar-refractivity contribution in [1.82, 2.24) is 4.57 Å². The molecule has 5 nitrogen and oxygen atoms in total. The van der Waals surface area contributed by atoms with E-state index in [9.17, 15) is 9.59 Å². The van der Waals surface area contributed by atoms with Gasteiger partial charge in [0, 0.05) is 50.2 Å². The Labute approximate surface area is 249 Å². The summed E-state index contributed by atoms with van der Waals surface area (Å²) in [6, 6.07) is 39.4. The van der Waals surface area contributed by atoms with Crippen molar-refractivity contribution in [3.8, 4) is 0 Å². The normalized spacial score (nSPS) is 11.9. The van der Waals surface area contributed by atoms with Gasteiger partial charge in [0.15, 0.2) is 0 Å². The van der Waals surface area contributed by atoms with Gasteiger partial charge in [-0.25, -0.2) is 0 Å². The number of nitrogens with zero attached hydrogens (tertiary/aromatic N) is 1. The summed E-state index contributed by atoms with van der Waals surface area (Å²) in [5.41, 5.74) is 6.36. The molecule has 0 aliphatic rings. The highest BCUT2D eigenvalue weighted by atomic mass is 32.2. The molecule has 0 radical (unpaired) electrons. The molecular weight excluding hydrogens is 538 g/mol. The summed E-state index contributed by atoms with van der Waals surface area (Å²) >= 11 is 1.45. The van der Waals surface area contributed by atoms with Crippen molar-refractivity contribution in [2.45, 2.75) is 30.5 Å². The first-order valence-corrected chi connectivity index (χ1v) is 14.9. The maximum absolute atomic E-state index is 13.8. The summed E-state index contributed by atoms with van der Waals surface area (Å²) < 4.78 is 2.30. The van der Waals surface area contributed by atoms with Gasteiger partial charge in [-0.15, -0.1) is 11.8 Å². The van der Waals surface area contributed by atoms with Crippen molar-refractivity contribution in [3.05, 3.63) is 138 Å². The molecule has 0 saturated carbocycles. The highest BCUT2D eigenvalue weighted by Crippen LogP contribution is 2.38. The number of rotatable bonds is 8. The fourth-order valence-electron chi connectivity index (χ4n) is 5.27. The maximum Gasteiger partial charge on any atom is 0.255 e. The van der Waals surface area contributed by atoms with Crippen molar-refractivity contribution in [3.63, 3.8) is 0 Å². The molecule has 6 rings (SSSR count). The number of aromatic nitrogens is 1. The van der Waals surface area contributed by atoms with E-state index >= 15 is 0 Å². The highest BCUT2D eigenvalue weighted by molar-refractivity contribution is 8.00. The van der Waals surface area contributed by atoms with E-state index in [1.165, 1.54) is 22.7 Å². The minimum absolute atomic E-state index is 0.112. The zero-order valence-electron chi connectivity index (χ0n) is 23.5. The summed E-state index contributed by atoms with van der Waals surface area (Å²) in [6.07, 6.45) is 0. The molecule has 6 heteroatoms. The van der Waals surface area contributed by atoms with Gasteiger partial charge in [0.1, 0.15) is 5.25 Å². The molecule has 2 amide bonds. The monoisotopic (exact) mass is 569 g/mol. The van der Waals surface area contributed by atoms with Crippen molar-refractivity contribution in [1.29, 1.82) is 0 Å². The van der Waals surface area contributed by atoms with Crippen LogP contribution in [0.5, 0.6) is 0 Å². The van der Waals surface area contributed by atoms with Gasteiger partial charge in [-0.05, 0) is 74.0 Å². The molecule has 42 heavy (non-hydrogen) atoms. The number of anilines is 2. The largest absolute Gasteiger partial charge is 0.341 e. The van der Waals surface area contributed by atoms with Gasteiger partial charge in [-0.1, -0.05) is 72.3 Å². The van der Waals surface area contributed by atoms with Crippen LogP contribution in [0.1, 0.15) is 33.7 Å². The molecular formula is C36H31N3O2S. The first-order chi connectivity index (χ1) is 20.5.